The van der Waals surface area contributed by atoms with E-state index in [0.29, 0.717) is 36.5 Å². The third-order valence-electron chi connectivity index (χ3n) is 8.13. The van der Waals surface area contributed by atoms with Crippen LogP contribution in [0.3, 0.4) is 0 Å². The molecule has 1 saturated heterocycles. The standard InChI is InChI=1S/C32H42N4O5/c1-32(2)19-25-30(27(37)20-32)31(23-18-22(39-3)10-11-28(23)40-4)36(26-9-6-5-8-24(26)34-25)21-29(38)33-12-7-13-35-14-16-41-17-15-35/h5-6,8-11,18,31,34H,7,12-17,19-21H2,1-4H3,(H,33,38). The molecule has 1 aliphatic carbocycles. The molecule has 0 aromatic heterocycles. The summed E-state index contributed by atoms with van der Waals surface area (Å²) in [4.78, 5) is 31.9. The van der Waals surface area contributed by atoms with Crippen LogP contribution in [0.15, 0.2) is 53.7 Å². The fourth-order valence-electron chi connectivity index (χ4n) is 6.17. The van der Waals surface area contributed by atoms with Crippen LogP contribution in [0.2, 0.25) is 0 Å². The number of allylic oxidation sites excluding steroid dienone is 1. The molecule has 1 fully saturated rings. The second-order valence-electron chi connectivity index (χ2n) is 11.8. The van der Waals surface area contributed by atoms with Gasteiger partial charge in [-0.1, -0.05) is 26.0 Å². The molecule has 2 N–H and O–H groups in total. The number of hydrogen-bond acceptors (Lipinski definition) is 8. The van der Waals surface area contributed by atoms with Crippen molar-refractivity contribution >= 4 is 23.1 Å². The SMILES string of the molecule is COc1ccc(OC)c(C2C3=C(CC(C)(C)CC3=O)Nc3ccccc3N2CC(=O)NCCCN2CCOCC2)c1. The first-order valence-corrected chi connectivity index (χ1v) is 14.5. The van der Waals surface area contributed by atoms with Gasteiger partial charge in [-0.3, -0.25) is 14.5 Å². The van der Waals surface area contributed by atoms with Gasteiger partial charge in [0, 0.05) is 42.9 Å². The maximum Gasteiger partial charge on any atom is 0.239 e. The molecule has 1 unspecified atom stereocenters. The van der Waals surface area contributed by atoms with E-state index in [1.54, 1.807) is 14.2 Å². The zero-order valence-electron chi connectivity index (χ0n) is 24.6. The number of rotatable bonds is 9. The number of ketones is 1. The topological polar surface area (TPSA) is 92.4 Å². The number of nitrogens with zero attached hydrogens (tertiary/aromatic N) is 2. The monoisotopic (exact) mass is 562 g/mol. The number of fused-ring (bicyclic) bond motifs is 1. The van der Waals surface area contributed by atoms with Crippen molar-refractivity contribution in [2.75, 3.05) is 70.4 Å². The van der Waals surface area contributed by atoms with Crippen LogP contribution >= 0.6 is 0 Å². The quantitative estimate of drug-likeness (QED) is 0.441. The van der Waals surface area contributed by atoms with Crippen LogP contribution in [0.4, 0.5) is 11.4 Å². The molecule has 2 heterocycles. The molecule has 5 rings (SSSR count). The fraction of sp³-hybridized carbons (Fsp3) is 0.500. The molecule has 2 aliphatic heterocycles. The van der Waals surface area contributed by atoms with E-state index >= 15 is 0 Å². The Kier molecular flexibility index (Phi) is 8.85. The highest BCUT2D eigenvalue weighted by Gasteiger charge is 2.43. The van der Waals surface area contributed by atoms with Crippen LogP contribution in [-0.2, 0) is 14.3 Å². The molecule has 2 aromatic carbocycles. The van der Waals surface area contributed by atoms with Gasteiger partial charge in [-0.15, -0.1) is 0 Å². The Morgan fingerprint density at radius 3 is 2.63 bits per heavy atom. The van der Waals surface area contributed by atoms with Crippen molar-refractivity contribution in [2.45, 2.75) is 39.2 Å². The largest absolute Gasteiger partial charge is 0.497 e. The average Bonchev–Trinajstić information content (AvgIpc) is 3.09. The summed E-state index contributed by atoms with van der Waals surface area (Å²) in [7, 11) is 3.25. The van der Waals surface area contributed by atoms with Crippen molar-refractivity contribution < 1.29 is 23.8 Å². The number of ether oxygens (including phenoxy) is 3. The molecule has 41 heavy (non-hydrogen) atoms. The van der Waals surface area contributed by atoms with Crippen LogP contribution in [0.1, 0.15) is 44.7 Å². The van der Waals surface area contributed by atoms with Gasteiger partial charge in [0.05, 0.1) is 51.4 Å². The first kappa shape index (κ1) is 29.0. The van der Waals surface area contributed by atoms with Crippen LogP contribution in [-0.4, -0.2) is 76.7 Å². The van der Waals surface area contributed by atoms with Crippen LogP contribution < -0.4 is 25.0 Å². The maximum atomic E-state index is 14.0. The highest BCUT2D eigenvalue weighted by Crippen LogP contribution is 2.50. The summed E-state index contributed by atoms with van der Waals surface area (Å²) in [5.74, 6) is 1.27. The number of Topliss-reactive ketones (excluding diaryl/α,β-unsaturated/α-hetero) is 1. The molecule has 3 aliphatic rings. The van der Waals surface area contributed by atoms with E-state index in [1.807, 2.05) is 47.4 Å². The number of morpholine rings is 1. The lowest BCUT2D eigenvalue weighted by atomic mass is 9.73. The Morgan fingerprint density at radius 2 is 1.88 bits per heavy atom. The van der Waals surface area contributed by atoms with Crippen molar-refractivity contribution in [1.29, 1.82) is 0 Å². The summed E-state index contributed by atoms with van der Waals surface area (Å²) < 4.78 is 16.8. The molecule has 1 amide bonds. The molecule has 9 nitrogen and oxygen atoms in total. The Balaban J connectivity index is 1.51. The predicted octanol–water partition coefficient (Wildman–Crippen LogP) is 4.16. The van der Waals surface area contributed by atoms with E-state index in [9.17, 15) is 9.59 Å². The van der Waals surface area contributed by atoms with Gasteiger partial charge in [0.1, 0.15) is 11.5 Å². The Labute approximate surface area is 242 Å². The summed E-state index contributed by atoms with van der Waals surface area (Å²) in [6.07, 6.45) is 2.00. The number of benzene rings is 2. The minimum atomic E-state index is -0.547. The number of hydrogen-bond donors (Lipinski definition) is 2. The maximum absolute atomic E-state index is 14.0. The van der Waals surface area contributed by atoms with E-state index in [0.717, 1.165) is 61.9 Å². The normalized spacial score (nSPS) is 20.4. The lowest BCUT2D eigenvalue weighted by Gasteiger charge is -2.38. The van der Waals surface area contributed by atoms with Gasteiger partial charge in [0.2, 0.25) is 5.91 Å². The zero-order chi connectivity index (χ0) is 29.0. The van der Waals surface area contributed by atoms with Gasteiger partial charge in [0.15, 0.2) is 5.78 Å². The first-order chi connectivity index (χ1) is 19.8. The van der Waals surface area contributed by atoms with E-state index < -0.39 is 6.04 Å². The summed E-state index contributed by atoms with van der Waals surface area (Å²) in [5.41, 5.74) is 3.88. The number of para-hydroxylation sites is 2. The van der Waals surface area contributed by atoms with Gasteiger partial charge in [0.25, 0.3) is 0 Å². The number of anilines is 2. The second kappa shape index (κ2) is 12.5. The summed E-state index contributed by atoms with van der Waals surface area (Å²) in [6.45, 7) is 9.20. The lowest BCUT2D eigenvalue weighted by Crippen LogP contribution is -2.43. The molecule has 0 saturated carbocycles. The lowest BCUT2D eigenvalue weighted by molar-refractivity contribution is -0.120. The third kappa shape index (κ3) is 6.52. The Bertz CT molecular complexity index is 1300. The summed E-state index contributed by atoms with van der Waals surface area (Å²) in [5, 5.41) is 6.73. The van der Waals surface area contributed by atoms with Crippen molar-refractivity contribution in [1.82, 2.24) is 10.2 Å². The van der Waals surface area contributed by atoms with E-state index in [4.69, 9.17) is 14.2 Å². The van der Waals surface area contributed by atoms with Gasteiger partial charge in [-0.25, -0.2) is 0 Å². The third-order valence-corrected chi connectivity index (χ3v) is 8.13. The molecule has 0 radical (unpaired) electrons. The average molecular weight is 563 g/mol. The zero-order valence-corrected chi connectivity index (χ0v) is 24.6. The fourth-order valence-corrected chi connectivity index (χ4v) is 6.17. The molecule has 0 spiro atoms. The van der Waals surface area contributed by atoms with Gasteiger partial charge < -0.3 is 29.7 Å². The Hall–Kier alpha value is -3.56. The number of methoxy groups -OCH3 is 2. The van der Waals surface area contributed by atoms with Gasteiger partial charge in [-0.2, -0.15) is 0 Å². The highest BCUT2D eigenvalue weighted by molar-refractivity contribution is 6.02. The van der Waals surface area contributed by atoms with Crippen LogP contribution in [0.25, 0.3) is 0 Å². The minimum Gasteiger partial charge on any atom is -0.497 e. The number of amides is 1. The van der Waals surface area contributed by atoms with Crippen molar-refractivity contribution in [3.05, 3.63) is 59.3 Å². The summed E-state index contributed by atoms with van der Waals surface area (Å²) in [6, 6.07) is 13.0. The van der Waals surface area contributed by atoms with E-state index in [-0.39, 0.29) is 23.7 Å². The van der Waals surface area contributed by atoms with E-state index in [2.05, 4.69) is 29.4 Å². The molecule has 2 aromatic rings. The predicted molar refractivity (Wildman–Crippen MR) is 160 cm³/mol. The second-order valence-corrected chi connectivity index (χ2v) is 11.8. The highest BCUT2D eigenvalue weighted by atomic mass is 16.5. The first-order valence-electron chi connectivity index (χ1n) is 14.5. The van der Waals surface area contributed by atoms with Gasteiger partial charge in [-0.05, 0) is 55.1 Å². The molecule has 220 valence electrons. The molecule has 9 heteroatoms. The van der Waals surface area contributed by atoms with Crippen LogP contribution in [0.5, 0.6) is 11.5 Å². The summed E-state index contributed by atoms with van der Waals surface area (Å²) >= 11 is 0. The van der Waals surface area contributed by atoms with Gasteiger partial charge >= 0.3 is 0 Å². The van der Waals surface area contributed by atoms with Crippen molar-refractivity contribution in [3.63, 3.8) is 0 Å². The van der Waals surface area contributed by atoms with Crippen molar-refractivity contribution in [3.8, 4) is 11.5 Å². The minimum absolute atomic E-state index is 0.0716. The molecule has 1 atom stereocenters. The smallest absolute Gasteiger partial charge is 0.239 e. The van der Waals surface area contributed by atoms with Crippen LogP contribution in [0, 0.1) is 5.41 Å². The molecular formula is C32H42N4O5. The number of carbonyl (C=O) groups is 2. The Morgan fingerprint density at radius 1 is 1.10 bits per heavy atom. The number of carbonyl (C=O) groups excluding carboxylic acids is 2. The number of nitrogens with one attached hydrogen (secondary N) is 2. The van der Waals surface area contributed by atoms with Crippen molar-refractivity contribution in [2.24, 2.45) is 5.41 Å². The molecular weight excluding hydrogens is 520 g/mol. The molecule has 0 bridgehead atoms. The van der Waals surface area contributed by atoms with E-state index in [1.165, 1.54) is 0 Å².